The number of carbonyl (C=O) groups excluding carboxylic acids is 2. The van der Waals surface area contributed by atoms with Crippen LogP contribution in [-0.2, 0) is 9.59 Å². The lowest BCUT2D eigenvalue weighted by Gasteiger charge is -2.21. The van der Waals surface area contributed by atoms with Crippen molar-refractivity contribution in [3.63, 3.8) is 0 Å². The Balaban J connectivity index is 4.42. The average molecular weight is 270 g/mol. The first-order valence-corrected chi connectivity index (χ1v) is 5.70. The Kier molecular flexibility index (Phi) is 6.96. The van der Waals surface area contributed by atoms with Crippen LogP contribution in [0.1, 0.15) is 19.8 Å². The van der Waals surface area contributed by atoms with Crippen molar-refractivity contribution in [2.24, 2.45) is 11.7 Å². The molecule has 0 aromatic heterocycles. The summed E-state index contributed by atoms with van der Waals surface area (Å²) in [7, 11) is 1.45. The Hall–Kier alpha value is -2.30. The molecule has 0 rings (SSSR count). The van der Waals surface area contributed by atoms with Gasteiger partial charge in [0.05, 0.1) is 12.0 Å². The van der Waals surface area contributed by atoms with Crippen LogP contribution in [-0.4, -0.2) is 47.5 Å². The number of carbonyl (C=O) groups is 3. The molecule has 1 unspecified atom stereocenters. The summed E-state index contributed by atoms with van der Waals surface area (Å²) < 4.78 is 0. The van der Waals surface area contributed by atoms with Gasteiger partial charge in [-0.05, 0) is 13.3 Å². The predicted molar refractivity (Wildman–Crippen MR) is 65.8 cm³/mol. The number of nitrogens with one attached hydrogen (secondary N) is 1. The maximum absolute atomic E-state index is 11.7. The van der Waals surface area contributed by atoms with Crippen molar-refractivity contribution in [1.29, 1.82) is 5.26 Å². The van der Waals surface area contributed by atoms with Crippen LogP contribution >= 0.6 is 0 Å². The Bertz CT molecular complexity index is 391. The quantitative estimate of drug-likeness (QED) is 0.573. The first-order chi connectivity index (χ1) is 8.77. The molecule has 8 heteroatoms. The molecule has 0 aromatic carbocycles. The zero-order valence-corrected chi connectivity index (χ0v) is 10.9. The Morgan fingerprint density at radius 3 is 2.47 bits per heavy atom. The smallest absolute Gasteiger partial charge is 0.326 e. The fraction of sp³-hybridized carbons (Fsp3) is 0.636. The van der Waals surface area contributed by atoms with Gasteiger partial charge in [0.15, 0.2) is 0 Å². The second-order valence-electron chi connectivity index (χ2n) is 4.26. The van der Waals surface area contributed by atoms with E-state index in [1.807, 2.05) is 6.07 Å². The van der Waals surface area contributed by atoms with Gasteiger partial charge in [-0.1, -0.05) is 0 Å². The summed E-state index contributed by atoms with van der Waals surface area (Å²) in [4.78, 5) is 34.4. The summed E-state index contributed by atoms with van der Waals surface area (Å²) in [6.07, 6.45) is -0.201. The van der Waals surface area contributed by atoms with Crippen LogP contribution in [0, 0.1) is 17.2 Å². The molecule has 3 amide bonds. The van der Waals surface area contributed by atoms with Gasteiger partial charge in [-0.2, -0.15) is 5.26 Å². The van der Waals surface area contributed by atoms with Gasteiger partial charge in [-0.3, -0.25) is 4.79 Å². The van der Waals surface area contributed by atoms with Crippen LogP contribution in [0.15, 0.2) is 0 Å². The minimum Gasteiger partial charge on any atom is -0.480 e. The lowest BCUT2D eigenvalue weighted by atomic mass is 10.1. The van der Waals surface area contributed by atoms with E-state index in [4.69, 9.17) is 16.1 Å². The molecule has 8 nitrogen and oxygen atoms in total. The first kappa shape index (κ1) is 16.7. The third-order valence-corrected chi connectivity index (χ3v) is 2.39. The van der Waals surface area contributed by atoms with Crippen molar-refractivity contribution in [1.82, 2.24) is 10.2 Å². The summed E-state index contributed by atoms with van der Waals surface area (Å²) in [5.74, 6) is -2.23. The van der Waals surface area contributed by atoms with E-state index in [0.717, 1.165) is 0 Å². The second kappa shape index (κ2) is 7.92. The number of aliphatic carboxylic acids is 1. The number of urea groups is 1. The van der Waals surface area contributed by atoms with Crippen molar-refractivity contribution in [2.45, 2.75) is 25.8 Å². The van der Waals surface area contributed by atoms with Gasteiger partial charge in [0, 0.05) is 20.0 Å². The average Bonchev–Trinajstić information content (AvgIpc) is 2.32. The molecule has 0 saturated heterocycles. The van der Waals surface area contributed by atoms with Gasteiger partial charge in [-0.25, -0.2) is 9.59 Å². The van der Waals surface area contributed by atoms with Crippen LogP contribution in [0.25, 0.3) is 0 Å². The largest absolute Gasteiger partial charge is 0.480 e. The number of carboxylic acid groups (broad SMARTS) is 1. The number of nitriles is 1. The summed E-state index contributed by atoms with van der Waals surface area (Å²) >= 11 is 0. The maximum Gasteiger partial charge on any atom is 0.326 e. The highest BCUT2D eigenvalue weighted by atomic mass is 16.4. The van der Waals surface area contributed by atoms with E-state index in [0.29, 0.717) is 0 Å². The fourth-order valence-corrected chi connectivity index (χ4v) is 1.34. The molecule has 0 aromatic rings. The molecule has 0 aliphatic heterocycles. The number of primary amides is 1. The number of hydrogen-bond donors (Lipinski definition) is 3. The monoisotopic (exact) mass is 270 g/mol. The SMILES string of the molecule is CC(C#N)CN(C)C(=O)N[C@H](CCC(N)=O)C(=O)O. The lowest BCUT2D eigenvalue weighted by molar-refractivity contribution is -0.139. The van der Waals surface area contributed by atoms with E-state index in [1.165, 1.54) is 11.9 Å². The highest BCUT2D eigenvalue weighted by Gasteiger charge is 2.22. The highest BCUT2D eigenvalue weighted by Crippen LogP contribution is 2.01. The zero-order valence-electron chi connectivity index (χ0n) is 10.9. The number of hydrogen-bond acceptors (Lipinski definition) is 4. The highest BCUT2D eigenvalue weighted by molar-refractivity contribution is 5.83. The van der Waals surface area contributed by atoms with Crippen molar-refractivity contribution < 1.29 is 19.5 Å². The number of carboxylic acids is 1. The molecule has 0 aliphatic rings. The van der Waals surface area contributed by atoms with Crippen LogP contribution in [0.4, 0.5) is 4.79 Å². The van der Waals surface area contributed by atoms with E-state index in [9.17, 15) is 14.4 Å². The molecule has 19 heavy (non-hydrogen) atoms. The maximum atomic E-state index is 11.7. The predicted octanol–water partition coefficient (Wildman–Crippen LogP) is -0.494. The molecule has 0 radical (unpaired) electrons. The molecule has 0 aliphatic carbocycles. The molecule has 0 bridgehead atoms. The molecular formula is C11H18N4O4. The Labute approximate surface area is 111 Å². The molecule has 0 fully saturated rings. The van der Waals surface area contributed by atoms with Crippen molar-refractivity contribution >= 4 is 17.9 Å². The van der Waals surface area contributed by atoms with E-state index in [1.54, 1.807) is 6.92 Å². The third kappa shape index (κ3) is 6.88. The molecule has 0 saturated carbocycles. The topological polar surface area (TPSA) is 137 Å². The molecule has 2 atom stereocenters. The van der Waals surface area contributed by atoms with Crippen LogP contribution in [0.5, 0.6) is 0 Å². The van der Waals surface area contributed by atoms with Crippen LogP contribution in [0.3, 0.4) is 0 Å². The second-order valence-corrected chi connectivity index (χ2v) is 4.26. The summed E-state index contributed by atoms with van der Waals surface area (Å²) in [6, 6.07) is 0.175. The van der Waals surface area contributed by atoms with Gasteiger partial charge >= 0.3 is 12.0 Å². The molecule has 106 valence electrons. The summed E-state index contributed by atoms with van der Waals surface area (Å²) in [6.45, 7) is 1.83. The van der Waals surface area contributed by atoms with Gasteiger partial charge < -0.3 is 21.1 Å². The zero-order chi connectivity index (χ0) is 15.0. The Morgan fingerprint density at radius 1 is 1.47 bits per heavy atom. The Morgan fingerprint density at radius 2 is 2.05 bits per heavy atom. The number of amides is 3. The molecule has 4 N–H and O–H groups in total. The van der Waals surface area contributed by atoms with Crippen LogP contribution in [0.2, 0.25) is 0 Å². The minimum absolute atomic E-state index is 0.0714. The normalized spacial score (nSPS) is 12.9. The van der Waals surface area contributed by atoms with E-state index in [2.05, 4.69) is 5.32 Å². The van der Waals surface area contributed by atoms with E-state index >= 15 is 0 Å². The minimum atomic E-state index is -1.24. The first-order valence-electron chi connectivity index (χ1n) is 5.70. The lowest BCUT2D eigenvalue weighted by Crippen LogP contribution is -2.47. The van der Waals surface area contributed by atoms with Crippen molar-refractivity contribution in [3.8, 4) is 6.07 Å². The van der Waals surface area contributed by atoms with E-state index < -0.39 is 23.9 Å². The molecule has 0 heterocycles. The number of nitrogens with two attached hydrogens (primary N) is 1. The van der Waals surface area contributed by atoms with Crippen molar-refractivity contribution in [3.05, 3.63) is 0 Å². The van der Waals surface area contributed by atoms with Crippen LogP contribution < -0.4 is 11.1 Å². The van der Waals surface area contributed by atoms with E-state index in [-0.39, 0.29) is 25.3 Å². The van der Waals surface area contributed by atoms with Gasteiger partial charge in [0.2, 0.25) is 5.91 Å². The van der Waals surface area contributed by atoms with Gasteiger partial charge in [0.1, 0.15) is 6.04 Å². The van der Waals surface area contributed by atoms with Crippen molar-refractivity contribution in [2.75, 3.05) is 13.6 Å². The number of nitrogens with zero attached hydrogens (tertiary/aromatic N) is 2. The third-order valence-electron chi connectivity index (χ3n) is 2.39. The number of rotatable bonds is 7. The van der Waals surface area contributed by atoms with Gasteiger partial charge in [0.25, 0.3) is 0 Å². The van der Waals surface area contributed by atoms with Gasteiger partial charge in [-0.15, -0.1) is 0 Å². The fourth-order valence-electron chi connectivity index (χ4n) is 1.34. The molecular weight excluding hydrogens is 252 g/mol. The summed E-state index contributed by atoms with van der Waals surface area (Å²) in [5.41, 5.74) is 4.92. The summed E-state index contributed by atoms with van der Waals surface area (Å²) in [5, 5.41) is 19.8. The standard InChI is InChI=1S/C11H18N4O4/c1-7(5-12)6-15(2)11(19)14-8(10(17)18)3-4-9(13)16/h7-8H,3-4,6H2,1-2H3,(H2,13,16)(H,14,19)(H,17,18)/t7?,8-/m1/s1. The molecule has 0 spiro atoms.